The summed E-state index contributed by atoms with van der Waals surface area (Å²) in [5, 5.41) is 7.63. The lowest BCUT2D eigenvalue weighted by molar-refractivity contribution is -0.121. The first-order chi connectivity index (χ1) is 9.54. The molecule has 0 aliphatic heterocycles. The lowest BCUT2D eigenvalue weighted by atomic mass is 10.1. The van der Waals surface area contributed by atoms with Gasteiger partial charge in [-0.1, -0.05) is 18.2 Å². The van der Waals surface area contributed by atoms with Crippen LogP contribution in [-0.2, 0) is 11.2 Å². The highest BCUT2D eigenvalue weighted by atomic mass is 19.1. The lowest BCUT2D eigenvalue weighted by Gasteiger charge is -2.13. The fraction of sp³-hybridized carbons (Fsp3) is 0.429. The van der Waals surface area contributed by atoms with Crippen LogP contribution in [0.5, 0.6) is 0 Å². The predicted molar refractivity (Wildman–Crippen MR) is 74.8 cm³/mol. The van der Waals surface area contributed by atoms with Crippen LogP contribution in [0.2, 0.25) is 0 Å². The number of urea groups is 1. The van der Waals surface area contributed by atoms with Gasteiger partial charge in [-0.2, -0.15) is 0 Å². The molecule has 1 aromatic carbocycles. The largest absolute Gasteiger partial charge is 0.338 e. The van der Waals surface area contributed by atoms with Gasteiger partial charge in [0.15, 0.2) is 0 Å². The first-order valence-corrected chi connectivity index (χ1v) is 6.60. The number of imide groups is 1. The van der Waals surface area contributed by atoms with Gasteiger partial charge in [0.1, 0.15) is 5.82 Å². The molecular formula is C14H20FN3O2. The second-order valence-corrected chi connectivity index (χ2v) is 4.37. The number of nitrogens with one attached hydrogen (secondary N) is 3. The van der Waals surface area contributed by atoms with Crippen molar-refractivity contribution in [1.29, 1.82) is 0 Å². The first kappa shape index (κ1) is 16.1. The van der Waals surface area contributed by atoms with Gasteiger partial charge in [0.25, 0.3) is 0 Å². The van der Waals surface area contributed by atoms with Crippen LogP contribution in [-0.4, -0.2) is 31.1 Å². The van der Waals surface area contributed by atoms with Gasteiger partial charge in [-0.15, -0.1) is 0 Å². The Kier molecular flexibility index (Phi) is 6.66. The minimum atomic E-state index is -0.524. The highest BCUT2D eigenvalue weighted by Gasteiger charge is 2.14. The molecule has 0 aliphatic rings. The van der Waals surface area contributed by atoms with Crippen molar-refractivity contribution >= 4 is 11.9 Å². The average Bonchev–Trinajstić information content (AvgIpc) is 2.41. The van der Waals surface area contributed by atoms with E-state index in [0.717, 1.165) is 0 Å². The fourth-order valence-corrected chi connectivity index (χ4v) is 1.64. The van der Waals surface area contributed by atoms with E-state index in [0.29, 0.717) is 25.1 Å². The minimum Gasteiger partial charge on any atom is -0.338 e. The summed E-state index contributed by atoms with van der Waals surface area (Å²) >= 11 is 0. The van der Waals surface area contributed by atoms with Crippen molar-refractivity contribution in [2.24, 2.45) is 0 Å². The standard InChI is InChI=1S/C14H20FN3O2/c1-3-16-14(20)18-13(19)10(2)17-9-8-11-6-4-5-7-12(11)15/h4-7,10,17H,3,8-9H2,1-2H3,(H2,16,18,19,20). The fourth-order valence-electron chi connectivity index (χ4n) is 1.64. The molecule has 0 spiro atoms. The van der Waals surface area contributed by atoms with Crippen molar-refractivity contribution in [2.45, 2.75) is 26.3 Å². The Morgan fingerprint density at radius 1 is 1.30 bits per heavy atom. The molecule has 0 saturated heterocycles. The zero-order valence-corrected chi connectivity index (χ0v) is 11.7. The van der Waals surface area contributed by atoms with Crippen LogP contribution in [0, 0.1) is 5.82 Å². The van der Waals surface area contributed by atoms with E-state index < -0.39 is 18.0 Å². The van der Waals surface area contributed by atoms with Crippen LogP contribution in [0.15, 0.2) is 24.3 Å². The summed E-state index contributed by atoms with van der Waals surface area (Å²) in [7, 11) is 0. The van der Waals surface area contributed by atoms with Crippen molar-refractivity contribution < 1.29 is 14.0 Å². The second kappa shape index (κ2) is 8.27. The monoisotopic (exact) mass is 281 g/mol. The Morgan fingerprint density at radius 2 is 2.00 bits per heavy atom. The summed E-state index contributed by atoms with van der Waals surface area (Å²) in [6.07, 6.45) is 0.478. The molecule has 6 heteroatoms. The van der Waals surface area contributed by atoms with Crippen LogP contribution >= 0.6 is 0 Å². The highest BCUT2D eigenvalue weighted by Crippen LogP contribution is 2.06. The van der Waals surface area contributed by atoms with Gasteiger partial charge >= 0.3 is 6.03 Å². The second-order valence-electron chi connectivity index (χ2n) is 4.37. The molecule has 0 fully saturated rings. The number of benzene rings is 1. The van der Waals surface area contributed by atoms with E-state index in [9.17, 15) is 14.0 Å². The summed E-state index contributed by atoms with van der Waals surface area (Å²) < 4.78 is 13.4. The Hall–Kier alpha value is -1.95. The Labute approximate surface area is 117 Å². The number of hydrogen-bond acceptors (Lipinski definition) is 3. The van der Waals surface area contributed by atoms with Gasteiger partial charge in [-0.3, -0.25) is 10.1 Å². The van der Waals surface area contributed by atoms with Gasteiger partial charge < -0.3 is 10.6 Å². The maximum atomic E-state index is 13.4. The third-order valence-corrected chi connectivity index (χ3v) is 2.77. The molecule has 110 valence electrons. The van der Waals surface area contributed by atoms with Crippen LogP contribution in [0.25, 0.3) is 0 Å². The molecule has 0 saturated carbocycles. The third-order valence-electron chi connectivity index (χ3n) is 2.77. The molecule has 0 aromatic heterocycles. The molecule has 0 radical (unpaired) electrons. The summed E-state index contributed by atoms with van der Waals surface area (Å²) in [4.78, 5) is 22.8. The van der Waals surface area contributed by atoms with Crippen molar-refractivity contribution in [3.63, 3.8) is 0 Å². The smallest absolute Gasteiger partial charge is 0.321 e. The van der Waals surface area contributed by atoms with E-state index >= 15 is 0 Å². The summed E-state index contributed by atoms with van der Waals surface area (Å²) in [5.41, 5.74) is 0.594. The average molecular weight is 281 g/mol. The topological polar surface area (TPSA) is 70.2 Å². The molecule has 1 aromatic rings. The maximum absolute atomic E-state index is 13.4. The first-order valence-electron chi connectivity index (χ1n) is 6.60. The molecule has 0 aliphatic carbocycles. The lowest BCUT2D eigenvalue weighted by Crippen LogP contribution is -2.48. The Balaban J connectivity index is 2.32. The molecular weight excluding hydrogens is 261 g/mol. The van der Waals surface area contributed by atoms with Gasteiger partial charge in [-0.25, -0.2) is 9.18 Å². The molecule has 1 atom stereocenters. The van der Waals surface area contributed by atoms with Crippen molar-refractivity contribution in [1.82, 2.24) is 16.0 Å². The SMILES string of the molecule is CCNC(=O)NC(=O)C(C)NCCc1ccccc1F. The summed E-state index contributed by atoms with van der Waals surface area (Å²) in [6.45, 7) is 4.31. The zero-order valence-electron chi connectivity index (χ0n) is 11.7. The van der Waals surface area contributed by atoms with Crippen LogP contribution in [0.3, 0.4) is 0 Å². The molecule has 3 N–H and O–H groups in total. The maximum Gasteiger partial charge on any atom is 0.321 e. The van der Waals surface area contributed by atoms with E-state index in [4.69, 9.17) is 0 Å². The molecule has 1 unspecified atom stereocenters. The summed E-state index contributed by atoms with van der Waals surface area (Å²) in [6, 6.07) is 5.47. The minimum absolute atomic E-state index is 0.256. The van der Waals surface area contributed by atoms with Crippen LogP contribution < -0.4 is 16.0 Å². The number of rotatable bonds is 6. The molecule has 1 rings (SSSR count). The number of halogens is 1. The van der Waals surface area contributed by atoms with Gasteiger partial charge in [0.05, 0.1) is 6.04 Å². The van der Waals surface area contributed by atoms with Gasteiger partial charge in [0, 0.05) is 13.1 Å². The van der Waals surface area contributed by atoms with Crippen molar-refractivity contribution in [3.8, 4) is 0 Å². The van der Waals surface area contributed by atoms with E-state index in [1.807, 2.05) is 0 Å². The number of hydrogen-bond donors (Lipinski definition) is 3. The van der Waals surface area contributed by atoms with Crippen molar-refractivity contribution in [3.05, 3.63) is 35.6 Å². The normalized spacial score (nSPS) is 11.8. The molecule has 0 bridgehead atoms. The Bertz CT molecular complexity index is 465. The third kappa shape index (κ3) is 5.36. The highest BCUT2D eigenvalue weighted by molar-refractivity contribution is 5.96. The van der Waals surface area contributed by atoms with Crippen LogP contribution in [0.1, 0.15) is 19.4 Å². The van der Waals surface area contributed by atoms with Gasteiger partial charge in [0.2, 0.25) is 5.91 Å². The van der Waals surface area contributed by atoms with E-state index in [-0.39, 0.29) is 5.82 Å². The van der Waals surface area contributed by atoms with Crippen molar-refractivity contribution in [2.75, 3.05) is 13.1 Å². The molecule has 0 heterocycles. The summed E-state index contributed by atoms with van der Waals surface area (Å²) in [5.74, 6) is -0.668. The van der Waals surface area contributed by atoms with Crippen LogP contribution in [0.4, 0.5) is 9.18 Å². The van der Waals surface area contributed by atoms with E-state index in [2.05, 4.69) is 16.0 Å². The number of carbonyl (C=O) groups is 2. The zero-order chi connectivity index (χ0) is 15.0. The number of carbonyl (C=O) groups excluding carboxylic acids is 2. The van der Waals surface area contributed by atoms with E-state index in [1.165, 1.54) is 6.07 Å². The van der Waals surface area contributed by atoms with Gasteiger partial charge in [-0.05, 0) is 31.9 Å². The molecule has 20 heavy (non-hydrogen) atoms. The molecule has 3 amide bonds. The number of amides is 3. The van der Waals surface area contributed by atoms with E-state index in [1.54, 1.807) is 32.0 Å². The quantitative estimate of drug-likeness (QED) is 0.733. The Morgan fingerprint density at radius 3 is 2.65 bits per heavy atom. The molecule has 5 nitrogen and oxygen atoms in total. The predicted octanol–water partition coefficient (Wildman–Crippen LogP) is 1.19.